The van der Waals surface area contributed by atoms with Gasteiger partial charge in [-0.15, -0.1) is 0 Å². The second-order valence-corrected chi connectivity index (χ2v) is 2.88. The standard InChI is InChI=1S/C5H11NO4S/c1-8-11(7)10-6-2-4-9-5-3-6/h2-5H2,1H3. The smallest absolute Gasteiger partial charge is 0.322 e. The average molecular weight is 181 g/mol. The molecule has 0 aromatic carbocycles. The van der Waals surface area contributed by atoms with E-state index in [4.69, 9.17) is 9.02 Å². The van der Waals surface area contributed by atoms with Gasteiger partial charge in [-0.1, -0.05) is 0 Å². The summed E-state index contributed by atoms with van der Waals surface area (Å²) in [6, 6.07) is 0. The van der Waals surface area contributed by atoms with E-state index in [-0.39, 0.29) is 0 Å². The van der Waals surface area contributed by atoms with E-state index in [1.54, 1.807) is 5.06 Å². The predicted molar refractivity (Wildman–Crippen MR) is 38.6 cm³/mol. The maximum Gasteiger partial charge on any atom is 0.322 e. The van der Waals surface area contributed by atoms with E-state index in [0.717, 1.165) is 0 Å². The van der Waals surface area contributed by atoms with Crippen molar-refractivity contribution in [1.82, 2.24) is 5.06 Å². The minimum Gasteiger partial charge on any atom is -0.379 e. The Balaban J connectivity index is 2.19. The number of ether oxygens (including phenoxy) is 1. The third-order valence-corrected chi connectivity index (χ3v) is 1.88. The van der Waals surface area contributed by atoms with Gasteiger partial charge < -0.3 is 4.74 Å². The minimum absolute atomic E-state index is 0.612. The van der Waals surface area contributed by atoms with Crippen molar-refractivity contribution >= 4 is 11.4 Å². The summed E-state index contributed by atoms with van der Waals surface area (Å²) in [5.41, 5.74) is 0. The highest BCUT2D eigenvalue weighted by Gasteiger charge is 2.13. The summed E-state index contributed by atoms with van der Waals surface area (Å²) in [5.74, 6) is 0. The van der Waals surface area contributed by atoms with Gasteiger partial charge >= 0.3 is 11.4 Å². The summed E-state index contributed by atoms with van der Waals surface area (Å²) < 4.78 is 25.0. The molecule has 0 radical (unpaired) electrons. The fraction of sp³-hybridized carbons (Fsp3) is 1.00. The topological polar surface area (TPSA) is 48.0 Å². The minimum atomic E-state index is -1.65. The van der Waals surface area contributed by atoms with Crippen LogP contribution in [-0.2, 0) is 24.6 Å². The van der Waals surface area contributed by atoms with Gasteiger partial charge in [0.25, 0.3) is 0 Å². The highest BCUT2D eigenvalue weighted by atomic mass is 32.2. The molecule has 1 saturated heterocycles. The quantitative estimate of drug-likeness (QED) is 0.586. The first-order valence-corrected chi connectivity index (χ1v) is 4.30. The SMILES string of the molecule is COS(=O)ON1CCOCC1. The fourth-order valence-electron chi connectivity index (χ4n) is 0.738. The van der Waals surface area contributed by atoms with Gasteiger partial charge in [-0.2, -0.15) is 13.6 Å². The Morgan fingerprint density at radius 1 is 1.45 bits per heavy atom. The van der Waals surface area contributed by atoms with Crippen LogP contribution in [0, 0.1) is 0 Å². The number of hydrogen-bond donors (Lipinski definition) is 0. The summed E-state index contributed by atoms with van der Waals surface area (Å²) >= 11 is -1.65. The van der Waals surface area contributed by atoms with Crippen molar-refractivity contribution in [2.45, 2.75) is 0 Å². The Bertz CT molecular complexity index is 136. The van der Waals surface area contributed by atoms with Crippen LogP contribution in [0.5, 0.6) is 0 Å². The first-order valence-electron chi connectivity index (χ1n) is 3.30. The number of morpholine rings is 1. The van der Waals surface area contributed by atoms with Gasteiger partial charge in [-0.05, 0) is 0 Å². The van der Waals surface area contributed by atoms with Crippen LogP contribution in [0.15, 0.2) is 0 Å². The molecule has 1 fully saturated rings. The highest BCUT2D eigenvalue weighted by molar-refractivity contribution is 7.75. The summed E-state index contributed by atoms with van der Waals surface area (Å²) in [5, 5.41) is 1.57. The third kappa shape index (κ3) is 3.26. The molecule has 1 rings (SSSR count). The summed E-state index contributed by atoms with van der Waals surface area (Å²) in [7, 11) is 1.33. The molecule has 6 heteroatoms. The number of nitrogens with zero attached hydrogens (tertiary/aromatic N) is 1. The zero-order chi connectivity index (χ0) is 8.10. The molecule has 66 valence electrons. The summed E-state index contributed by atoms with van der Waals surface area (Å²) in [4.78, 5) is 0. The molecule has 5 nitrogen and oxygen atoms in total. The van der Waals surface area contributed by atoms with Crippen LogP contribution >= 0.6 is 0 Å². The molecular formula is C5H11NO4S. The maximum atomic E-state index is 10.7. The lowest BCUT2D eigenvalue weighted by Gasteiger charge is -2.23. The van der Waals surface area contributed by atoms with Crippen molar-refractivity contribution in [3.63, 3.8) is 0 Å². The molecule has 0 N–H and O–H groups in total. The lowest BCUT2D eigenvalue weighted by atomic mass is 10.5. The molecular weight excluding hydrogens is 170 g/mol. The van der Waals surface area contributed by atoms with Crippen LogP contribution in [0.4, 0.5) is 0 Å². The lowest BCUT2D eigenvalue weighted by molar-refractivity contribution is -0.115. The Kier molecular flexibility index (Phi) is 3.95. The van der Waals surface area contributed by atoms with Crippen molar-refractivity contribution in [2.75, 3.05) is 33.4 Å². The monoisotopic (exact) mass is 181 g/mol. The second-order valence-electron chi connectivity index (χ2n) is 1.99. The summed E-state index contributed by atoms with van der Waals surface area (Å²) in [6.45, 7) is 2.49. The molecule has 1 atom stereocenters. The molecule has 1 aliphatic heterocycles. The van der Waals surface area contributed by atoms with E-state index in [2.05, 4.69) is 4.18 Å². The van der Waals surface area contributed by atoms with E-state index >= 15 is 0 Å². The first kappa shape index (κ1) is 9.08. The van der Waals surface area contributed by atoms with Crippen LogP contribution in [0.3, 0.4) is 0 Å². The van der Waals surface area contributed by atoms with Crippen LogP contribution < -0.4 is 0 Å². The van der Waals surface area contributed by atoms with Crippen LogP contribution in [0.25, 0.3) is 0 Å². The highest BCUT2D eigenvalue weighted by Crippen LogP contribution is 1.99. The van der Waals surface area contributed by atoms with E-state index in [9.17, 15) is 4.21 Å². The Labute approximate surface area is 68.0 Å². The zero-order valence-electron chi connectivity index (χ0n) is 6.32. The van der Waals surface area contributed by atoms with Gasteiger partial charge in [0.15, 0.2) is 0 Å². The van der Waals surface area contributed by atoms with Crippen molar-refractivity contribution in [3.05, 3.63) is 0 Å². The predicted octanol–water partition coefficient (Wildman–Crippen LogP) is -0.525. The molecule has 1 heterocycles. The van der Waals surface area contributed by atoms with E-state index in [1.807, 2.05) is 0 Å². The fourth-order valence-corrected chi connectivity index (χ4v) is 1.12. The van der Waals surface area contributed by atoms with Crippen molar-refractivity contribution < 1.29 is 17.4 Å². The molecule has 0 saturated carbocycles. The third-order valence-electron chi connectivity index (χ3n) is 1.27. The largest absolute Gasteiger partial charge is 0.379 e. The molecule has 0 aliphatic carbocycles. The van der Waals surface area contributed by atoms with Crippen LogP contribution in [0.1, 0.15) is 0 Å². The zero-order valence-corrected chi connectivity index (χ0v) is 7.13. The number of rotatable bonds is 3. The summed E-state index contributed by atoms with van der Waals surface area (Å²) in [6.07, 6.45) is 0. The Hall–Kier alpha value is -0.0100. The van der Waals surface area contributed by atoms with Crippen molar-refractivity contribution in [3.8, 4) is 0 Å². The van der Waals surface area contributed by atoms with Crippen LogP contribution in [0.2, 0.25) is 0 Å². The van der Waals surface area contributed by atoms with Crippen molar-refractivity contribution in [2.24, 2.45) is 0 Å². The van der Waals surface area contributed by atoms with Gasteiger partial charge in [0.2, 0.25) is 0 Å². The second kappa shape index (κ2) is 4.78. The number of hydroxylamine groups is 2. The van der Waals surface area contributed by atoms with Crippen LogP contribution in [-0.4, -0.2) is 42.7 Å². The van der Waals surface area contributed by atoms with Gasteiger partial charge in [0, 0.05) is 13.1 Å². The molecule has 0 amide bonds. The van der Waals surface area contributed by atoms with E-state index < -0.39 is 11.4 Å². The Morgan fingerprint density at radius 2 is 2.09 bits per heavy atom. The lowest BCUT2D eigenvalue weighted by Crippen LogP contribution is -2.36. The Morgan fingerprint density at radius 3 is 2.64 bits per heavy atom. The van der Waals surface area contributed by atoms with E-state index in [0.29, 0.717) is 26.3 Å². The molecule has 0 aromatic heterocycles. The van der Waals surface area contributed by atoms with Gasteiger partial charge in [0.1, 0.15) is 0 Å². The maximum absolute atomic E-state index is 10.7. The molecule has 0 bridgehead atoms. The molecule has 0 spiro atoms. The first-order chi connectivity index (χ1) is 5.33. The van der Waals surface area contributed by atoms with E-state index in [1.165, 1.54) is 7.11 Å². The van der Waals surface area contributed by atoms with Gasteiger partial charge in [0.05, 0.1) is 20.3 Å². The normalized spacial score (nSPS) is 23.4. The number of hydrogen-bond acceptors (Lipinski definition) is 5. The molecule has 0 aromatic rings. The van der Waals surface area contributed by atoms with Crippen molar-refractivity contribution in [1.29, 1.82) is 0 Å². The molecule has 11 heavy (non-hydrogen) atoms. The molecule has 1 aliphatic rings. The van der Waals surface area contributed by atoms with Gasteiger partial charge in [-0.25, -0.2) is 0 Å². The average Bonchev–Trinajstić information content (AvgIpc) is 2.06. The molecule has 1 unspecified atom stereocenters. The van der Waals surface area contributed by atoms with Gasteiger partial charge in [-0.3, -0.25) is 4.18 Å².